The van der Waals surface area contributed by atoms with Crippen molar-refractivity contribution in [3.05, 3.63) is 29.6 Å². The number of halogens is 1. The largest absolute Gasteiger partial charge is 0.323 e. The van der Waals surface area contributed by atoms with Crippen molar-refractivity contribution in [2.45, 2.75) is 26.2 Å². The molecule has 2 unspecified atom stereocenters. The minimum Gasteiger partial charge on any atom is -0.323 e. The van der Waals surface area contributed by atoms with E-state index in [1.807, 2.05) is 0 Å². The Bertz CT molecular complexity index is 461. The van der Waals surface area contributed by atoms with Gasteiger partial charge in [-0.3, -0.25) is 4.79 Å². The molecule has 2 fully saturated rings. The highest BCUT2D eigenvalue weighted by atomic mass is 19.1. The van der Waals surface area contributed by atoms with Crippen molar-refractivity contribution in [3.8, 4) is 0 Å². The van der Waals surface area contributed by atoms with Gasteiger partial charge in [0.2, 0.25) is 5.91 Å². The molecule has 2 nitrogen and oxygen atoms in total. The first kappa shape index (κ1) is 10.8. The maximum atomic E-state index is 13.7. The van der Waals surface area contributed by atoms with Crippen molar-refractivity contribution in [2.24, 2.45) is 17.8 Å². The standard InChI is InChI=1S/C14H16FNO/c1-8-3-2-4-12(13(8)15)16-14(17)11-6-9-5-10(9)7-11/h2-4,9-11H,5-7H2,1H3,(H,16,17). The number of carbonyl (C=O) groups excluding carboxylic acids is 1. The summed E-state index contributed by atoms with van der Waals surface area (Å²) >= 11 is 0. The zero-order chi connectivity index (χ0) is 12.0. The van der Waals surface area contributed by atoms with Crippen molar-refractivity contribution in [1.29, 1.82) is 0 Å². The summed E-state index contributed by atoms with van der Waals surface area (Å²) in [7, 11) is 0. The fourth-order valence-corrected chi connectivity index (χ4v) is 2.91. The van der Waals surface area contributed by atoms with Gasteiger partial charge in [0.15, 0.2) is 0 Å². The van der Waals surface area contributed by atoms with Gasteiger partial charge in [-0.25, -0.2) is 4.39 Å². The SMILES string of the molecule is Cc1cccc(NC(=O)C2CC3CC3C2)c1F. The molecule has 90 valence electrons. The zero-order valence-electron chi connectivity index (χ0n) is 9.87. The van der Waals surface area contributed by atoms with Crippen LogP contribution >= 0.6 is 0 Å². The van der Waals surface area contributed by atoms with E-state index < -0.39 is 0 Å². The molecule has 0 aliphatic heterocycles. The normalized spacial score (nSPS) is 29.9. The van der Waals surface area contributed by atoms with Gasteiger partial charge < -0.3 is 5.32 Å². The second kappa shape index (κ2) is 3.83. The van der Waals surface area contributed by atoms with Crippen molar-refractivity contribution < 1.29 is 9.18 Å². The average Bonchev–Trinajstić information content (AvgIpc) is 2.92. The Kier molecular flexibility index (Phi) is 2.42. The number of aryl methyl sites for hydroxylation is 1. The second-order valence-electron chi connectivity index (χ2n) is 5.35. The molecule has 3 heteroatoms. The smallest absolute Gasteiger partial charge is 0.227 e. The summed E-state index contributed by atoms with van der Waals surface area (Å²) in [5, 5.41) is 2.72. The molecule has 1 N–H and O–H groups in total. The maximum Gasteiger partial charge on any atom is 0.227 e. The molecule has 0 heterocycles. The van der Waals surface area contributed by atoms with E-state index in [1.54, 1.807) is 25.1 Å². The quantitative estimate of drug-likeness (QED) is 0.835. The maximum absolute atomic E-state index is 13.7. The number of carbonyl (C=O) groups is 1. The molecule has 2 aliphatic carbocycles. The predicted molar refractivity (Wildman–Crippen MR) is 64.1 cm³/mol. The summed E-state index contributed by atoms with van der Waals surface area (Å²) in [4.78, 5) is 12.0. The van der Waals surface area contributed by atoms with Crippen LogP contribution in [0.25, 0.3) is 0 Å². The number of amides is 1. The van der Waals surface area contributed by atoms with Crippen molar-refractivity contribution >= 4 is 11.6 Å². The lowest BCUT2D eigenvalue weighted by molar-refractivity contribution is -0.120. The molecular weight excluding hydrogens is 217 g/mol. The molecule has 0 bridgehead atoms. The first-order chi connectivity index (χ1) is 8.15. The summed E-state index contributed by atoms with van der Waals surface area (Å²) in [6.45, 7) is 1.70. The zero-order valence-corrected chi connectivity index (χ0v) is 9.87. The molecule has 1 aromatic rings. The predicted octanol–water partition coefficient (Wildman–Crippen LogP) is 3.12. The fourth-order valence-electron chi connectivity index (χ4n) is 2.91. The van der Waals surface area contributed by atoms with Crippen molar-refractivity contribution in [2.75, 3.05) is 5.32 Å². The Balaban J connectivity index is 1.69. The van der Waals surface area contributed by atoms with Crippen LogP contribution in [0.4, 0.5) is 10.1 Å². The van der Waals surface area contributed by atoms with Gasteiger partial charge >= 0.3 is 0 Å². The van der Waals surface area contributed by atoms with E-state index in [-0.39, 0.29) is 17.6 Å². The minimum absolute atomic E-state index is 0.0123. The molecule has 0 aromatic heterocycles. The molecular formula is C14H16FNO. The summed E-state index contributed by atoms with van der Waals surface area (Å²) in [6, 6.07) is 5.09. The summed E-state index contributed by atoms with van der Waals surface area (Å²) in [5.74, 6) is 1.31. The highest BCUT2D eigenvalue weighted by molar-refractivity contribution is 5.93. The van der Waals surface area contributed by atoms with E-state index in [4.69, 9.17) is 0 Å². The number of hydrogen-bond donors (Lipinski definition) is 1. The van der Waals surface area contributed by atoms with Gasteiger partial charge in [0, 0.05) is 5.92 Å². The van der Waals surface area contributed by atoms with Gasteiger partial charge in [0.1, 0.15) is 5.82 Å². The van der Waals surface area contributed by atoms with Gasteiger partial charge in [-0.15, -0.1) is 0 Å². The summed E-state index contributed by atoms with van der Waals surface area (Å²) in [6.07, 6.45) is 3.27. The third kappa shape index (κ3) is 1.94. The second-order valence-corrected chi connectivity index (χ2v) is 5.35. The number of rotatable bonds is 2. The molecule has 0 saturated heterocycles. The van der Waals surface area contributed by atoms with Gasteiger partial charge in [-0.1, -0.05) is 12.1 Å². The molecule has 2 atom stereocenters. The van der Waals surface area contributed by atoms with Crippen LogP contribution in [0.5, 0.6) is 0 Å². The van der Waals surface area contributed by atoms with Crippen LogP contribution in [0.1, 0.15) is 24.8 Å². The van der Waals surface area contributed by atoms with E-state index in [9.17, 15) is 9.18 Å². The molecule has 0 radical (unpaired) electrons. The lowest BCUT2D eigenvalue weighted by atomic mass is 10.0. The molecule has 3 rings (SSSR count). The molecule has 1 aromatic carbocycles. The van der Waals surface area contributed by atoms with Crippen LogP contribution in [-0.2, 0) is 4.79 Å². The monoisotopic (exact) mass is 233 g/mol. The number of anilines is 1. The number of nitrogens with one attached hydrogen (secondary N) is 1. The molecule has 2 saturated carbocycles. The van der Waals surface area contributed by atoms with E-state index >= 15 is 0 Å². The lowest BCUT2D eigenvalue weighted by Gasteiger charge is -2.13. The van der Waals surface area contributed by atoms with E-state index in [2.05, 4.69) is 5.32 Å². The van der Waals surface area contributed by atoms with Gasteiger partial charge in [0.25, 0.3) is 0 Å². The first-order valence-electron chi connectivity index (χ1n) is 6.21. The summed E-state index contributed by atoms with van der Waals surface area (Å²) in [5.41, 5.74) is 0.882. The van der Waals surface area contributed by atoms with Crippen LogP contribution in [0.3, 0.4) is 0 Å². The van der Waals surface area contributed by atoms with Gasteiger partial charge in [-0.05, 0) is 49.7 Å². The Labute approximate surface area is 100 Å². The van der Waals surface area contributed by atoms with Crippen LogP contribution in [-0.4, -0.2) is 5.91 Å². The first-order valence-corrected chi connectivity index (χ1v) is 6.21. The lowest BCUT2D eigenvalue weighted by Crippen LogP contribution is -2.22. The molecule has 2 aliphatic rings. The number of hydrogen-bond acceptors (Lipinski definition) is 1. The molecule has 17 heavy (non-hydrogen) atoms. The third-order valence-electron chi connectivity index (χ3n) is 4.06. The summed E-state index contributed by atoms with van der Waals surface area (Å²) < 4.78 is 13.7. The third-order valence-corrected chi connectivity index (χ3v) is 4.06. The van der Waals surface area contributed by atoms with Crippen molar-refractivity contribution in [1.82, 2.24) is 0 Å². The topological polar surface area (TPSA) is 29.1 Å². The number of fused-ring (bicyclic) bond motifs is 1. The number of benzene rings is 1. The van der Waals surface area contributed by atoms with Crippen LogP contribution in [0, 0.1) is 30.5 Å². The van der Waals surface area contributed by atoms with E-state index in [1.165, 1.54) is 6.42 Å². The Hall–Kier alpha value is -1.38. The van der Waals surface area contributed by atoms with Gasteiger partial charge in [-0.2, -0.15) is 0 Å². The Morgan fingerprint density at radius 1 is 1.29 bits per heavy atom. The van der Waals surface area contributed by atoms with E-state index in [0.29, 0.717) is 11.3 Å². The van der Waals surface area contributed by atoms with Gasteiger partial charge in [0.05, 0.1) is 5.69 Å². The average molecular weight is 233 g/mol. The molecule has 0 spiro atoms. The van der Waals surface area contributed by atoms with Crippen molar-refractivity contribution in [3.63, 3.8) is 0 Å². The van der Waals surface area contributed by atoms with E-state index in [0.717, 1.165) is 24.7 Å². The van der Waals surface area contributed by atoms with Crippen LogP contribution in [0.2, 0.25) is 0 Å². The fraction of sp³-hybridized carbons (Fsp3) is 0.500. The highest BCUT2D eigenvalue weighted by Gasteiger charge is 2.48. The highest BCUT2D eigenvalue weighted by Crippen LogP contribution is 2.54. The van der Waals surface area contributed by atoms with Crippen LogP contribution in [0.15, 0.2) is 18.2 Å². The Morgan fingerprint density at radius 2 is 2.00 bits per heavy atom. The van der Waals surface area contributed by atoms with Crippen LogP contribution < -0.4 is 5.32 Å². The Morgan fingerprint density at radius 3 is 2.71 bits per heavy atom. The molecule has 1 amide bonds. The minimum atomic E-state index is -0.316.